The van der Waals surface area contributed by atoms with Gasteiger partial charge in [0.1, 0.15) is 5.75 Å². The van der Waals surface area contributed by atoms with Crippen LogP contribution in [0.15, 0.2) is 53.5 Å². The summed E-state index contributed by atoms with van der Waals surface area (Å²) in [6.45, 7) is 6.15. The Morgan fingerprint density at radius 2 is 1.61 bits per heavy atom. The molecule has 0 saturated heterocycles. The number of guanidine groups is 1. The summed E-state index contributed by atoms with van der Waals surface area (Å²) < 4.78 is 10.2. The Morgan fingerprint density at radius 3 is 2.18 bits per heavy atom. The van der Waals surface area contributed by atoms with Crippen molar-refractivity contribution in [1.82, 2.24) is 10.6 Å². The molecule has 0 aliphatic heterocycles. The fourth-order valence-electron chi connectivity index (χ4n) is 2.40. The maximum atomic E-state index is 11.7. The van der Waals surface area contributed by atoms with Gasteiger partial charge in [0.15, 0.2) is 5.96 Å². The molecule has 2 N–H and O–H groups in total. The Hall–Kier alpha value is -2.29. The summed E-state index contributed by atoms with van der Waals surface area (Å²) in [6.07, 6.45) is 0. The number of ether oxygens (including phenoxy) is 2. The van der Waals surface area contributed by atoms with Gasteiger partial charge in [0.25, 0.3) is 0 Å². The lowest BCUT2D eigenvalue weighted by Crippen LogP contribution is -2.36. The minimum Gasteiger partial charge on any atom is -0.497 e. The third kappa shape index (κ3) is 7.75. The maximum Gasteiger partial charge on any atom is 0.338 e. The Kier molecular flexibility index (Phi) is 11.0. The summed E-state index contributed by atoms with van der Waals surface area (Å²) in [6, 6.07) is 15.2. The van der Waals surface area contributed by atoms with Gasteiger partial charge in [-0.1, -0.05) is 24.3 Å². The van der Waals surface area contributed by atoms with E-state index in [1.165, 1.54) is 0 Å². The van der Waals surface area contributed by atoms with E-state index in [2.05, 4.69) is 15.6 Å². The van der Waals surface area contributed by atoms with Crippen LogP contribution in [0.3, 0.4) is 0 Å². The van der Waals surface area contributed by atoms with E-state index in [4.69, 9.17) is 9.47 Å². The molecule has 7 heteroatoms. The minimum absolute atomic E-state index is 0. The van der Waals surface area contributed by atoms with E-state index in [1.54, 1.807) is 26.2 Å². The molecular weight excluding hydrogens is 469 g/mol. The number of rotatable bonds is 8. The standard InChI is InChI=1S/C21H27N3O3.HI/c1-4-22-21(24-15-17-8-12-19(26-3)13-9-17)23-14-16-6-10-18(11-7-16)20(25)27-5-2;/h6-13H,4-5,14-15H2,1-3H3,(H2,22,23,24);1H. The molecule has 0 saturated carbocycles. The zero-order valence-electron chi connectivity index (χ0n) is 16.5. The molecule has 0 aromatic heterocycles. The first kappa shape index (κ1) is 23.7. The quantitative estimate of drug-likeness (QED) is 0.252. The molecular formula is C21H28IN3O3. The zero-order valence-corrected chi connectivity index (χ0v) is 18.9. The van der Waals surface area contributed by atoms with Crippen molar-refractivity contribution in [3.05, 3.63) is 65.2 Å². The third-order valence-electron chi connectivity index (χ3n) is 3.85. The van der Waals surface area contributed by atoms with E-state index in [1.807, 2.05) is 43.3 Å². The molecule has 0 bridgehead atoms. The lowest BCUT2D eigenvalue weighted by atomic mass is 10.1. The summed E-state index contributed by atoms with van der Waals surface area (Å²) in [5, 5.41) is 6.53. The molecule has 0 heterocycles. The Labute approximate surface area is 183 Å². The van der Waals surface area contributed by atoms with Gasteiger partial charge < -0.3 is 20.1 Å². The van der Waals surface area contributed by atoms with Crippen LogP contribution >= 0.6 is 24.0 Å². The fraction of sp³-hybridized carbons (Fsp3) is 0.333. The minimum atomic E-state index is -0.300. The van der Waals surface area contributed by atoms with Crippen LogP contribution in [0.25, 0.3) is 0 Å². The average molecular weight is 497 g/mol. The molecule has 2 aromatic carbocycles. The van der Waals surface area contributed by atoms with Crippen LogP contribution < -0.4 is 15.4 Å². The first-order valence-corrected chi connectivity index (χ1v) is 9.07. The molecule has 0 spiro atoms. The van der Waals surface area contributed by atoms with Gasteiger partial charge in [0.2, 0.25) is 0 Å². The van der Waals surface area contributed by atoms with E-state index in [0.29, 0.717) is 25.3 Å². The van der Waals surface area contributed by atoms with Crippen LogP contribution in [-0.2, 0) is 17.8 Å². The van der Waals surface area contributed by atoms with Gasteiger partial charge in [0, 0.05) is 13.1 Å². The van der Waals surface area contributed by atoms with Gasteiger partial charge in [-0.15, -0.1) is 24.0 Å². The molecule has 0 atom stereocenters. The summed E-state index contributed by atoms with van der Waals surface area (Å²) in [7, 11) is 1.65. The molecule has 28 heavy (non-hydrogen) atoms. The number of methoxy groups -OCH3 is 1. The normalized spacial score (nSPS) is 10.6. The first-order chi connectivity index (χ1) is 13.2. The molecule has 0 aliphatic carbocycles. The van der Waals surface area contributed by atoms with Crippen molar-refractivity contribution in [1.29, 1.82) is 0 Å². The number of benzene rings is 2. The Bertz CT molecular complexity index is 746. The topological polar surface area (TPSA) is 72.0 Å². The van der Waals surface area contributed by atoms with E-state index >= 15 is 0 Å². The van der Waals surface area contributed by atoms with Crippen molar-refractivity contribution in [2.24, 2.45) is 4.99 Å². The smallest absolute Gasteiger partial charge is 0.338 e. The molecule has 0 amide bonds. The highest BCUT2D eigenvalue weighted by Gasteiger charge is 2.06. The van der Waals surface area contributed by atoms with Gasteiger partial charge in [-0.3, -0.25) is 0 Å². The van der Waals surface area contributed by atoms with Gasteiger partial charge >= 0.3 is 5.97 Å². The fourth-order valence-corrected chi connectivity index (χ4v) is 2.40. The van der Waals surface area contributed by atoms with E-state index in [-0.39, 0.29) is 29.9 Å². The van der Waals surface area contributed by atoms with Crippen LogP contribution in [-0.4, -0.2) is 32.2 Å². The predicted octanol–water partition coefficient (Wildman–Crippen LogP) is 3.75. The largest absolute Gasteiger partial charge is 0.497 e. The summed E-state index contributed by atoms with van der Waals surface area (Å²) in [4.78, 5) is 16.3. The van der Waals surface area contributed by atoms with Crippen molar-refractivity contribution >= 4 is 35.9 Å². The highest BCUT2D eigenvalue weighted by Crippen LogP contribution is 2.12. The van der Waals surface area contributed by atoms with E-state index in [0.717, 1.165) is 29.4 Å². The molecule has 2 aromatic rings. The van der Waals surface area contributed by atoms with Crippen LogP contribution in [0.4, 0.5) is 0 Å². The highest BCUT2D eigenvalue weighted by molar-refractivity contribution is 14.0. The summed E-state index contributed by atoms with van der Waals surface area (Å²) in [5.74, 6) is 1.27. The van der Waals surface area contributed by atoms with E-state index < -0.39 is 0 Å². The van der Waals surface area contributed by atoms with Crippen LogP contribution in [0.1, 0.15) is 35.3 Å². The second-order valence-corrected chi connectivity index (χ2v) is 5.81. The monoisotopic (exact) mass is 497 g/mol. The molecule has 0 aliphatic rings. The number of halogens is 1. The average Bonchev–Trinajstić information content (AvgIpc) is 2.71. The second-order valence-electron chi connectivity index (χ2n) is 5.81. The van der Waals surface area contributed by atoms with Crippen LogP contribution in [0.2, 0.25) is 0 Å². The van der Waals surface area contributed by atoms with Crippen molar-refractivity contribution in [3.8, 4) is 5.75 Å². The summed E-state index contributed by atoms with van der Waals surface area (Å²) >= 11 is 0. The number of hydrogen-bond donors (Lipinski definition) is 2. The van der Waals surface area contributed by atoms with Crippen molar-refractivity contribution < 1.29 is 14.3 Å². The van der Waals surface area contributed by atoms with Crippen molar-refractivity contribution in [2.45, 2.75) is 26.9 Å². The molecule has 152 valence electrons. The number of nitrogens with one attached hydrogen (secondary N) is 2. The molecule has 2 rings (SSSR count). The molecule has 0 unspecified atom stereocenters. The Morgan fingerprint density at radius 1 is 0.964 bits per heavy atom. The number of esters is 1. The van der Waals surface area contributed by atoms with Gasteiger partial charge in [0.05, 0.1) is 25.8 Å². The highest BCUT2D eigenvalue weighted by atomic mass is 127. The molecule has 0 fully saturated rings. The van der Waals surface area contributed by atoms with Crippen molar-refractivity contribution in [3.63, 3.8) is 0 Å². The molecule has 0 radical (unpaired) electrons. The second kappa shape index (κ2) is 13.0. The summed E-state index contributed by atoms with van der Waals surface area (Å²) in [5.41, 5.74) is 2.71. The number of nitrogens with zero attached hydrogens (tertiary/aromatic N) is 1. The van der Waals surface area contributed by atoms with Gasteiger partial charge in [-0.05, 0) is 49.2 Å². The zero-order chi connectivity index (χ0) is 19.5. The van der Waals surface area contributed by atoms with Gasteiger partial charge in [-0.2, -0.15) is 0 Å². The maximum absolute atomic E-state index is 11.7. The third-order valence-corrected chi connectivity index (χ3v) is 3.85. The van der Waals surface area contributed by atoms with Crippen molar-refractivity contribution in [2.75, 3.05) is 20.3 Å². The number of hydrogen-bond acceptors (Lipinski definition) is 4. The lowest BCUT2D eigenvalue weighted by molar-refractivity contribution is 0.0526. The SMILES string of the molecule is CCNC(=NCc1ccc(OC)cc1)NCc1ccc(C(=O)OCC)cc1.I. The van der Waals surface area contributed by atoms with Crippen LogP contribution in [0, 0.1) is 0 Å². The first-order valence-electron chi connectivity index (χ1n) is 9.07. The van der Waals surface area contributed by atoms with Gasteiger partial charge in [-0.25, -0.2) is 9.79 Å². The number of aliphatic imine (C=N–C) groups is 1. The Balaban J connectivity index is 0.00000392. The number of carbonyl (C=O) groups is 1. The predicted molar refractivity (Wildman–Crippen MR) is 122 cm³/mol. The van der Waals surface area contributed by atoms with E-state index in [9.17, 15) is 4.79 Å². The molecule has 6 nitrogen and oxygen atoms in total. The number of carbonyl (C=O) groups excluding carboxylic acids is 1. The lowest BCUT2D eigenvalue weighted by Gasteiger charge is -2.12. The van der Waals surface area contributed by atoms with Crippen LogP contribution in [0.5, 0.6) is 5.75 Å².